The fourth-order valence-electron chi connectivity index (χ4n) is 5.12. The van der Waals surface area contributed by atoms with E-state index in [1.165, 1.54) is 0 Å². The summed E-state index contributed by atoms with van der Waals surface area (Å²) in [5.74, 6) is -2.16. The zero-order valence-corrected chi connectivity index (χ0v) is 18.3. The lowest BCUT2D eigenvalue weighted by molar-refractivity contribution is -0.139. The third-order valence-electron chi connectivity index (χ3n) is 6.95. The quantitative estimate of drug-likeness (QED) is 0.546. The van der Waals surface area contributed by atoms with E-state index in [0.717, 1.165) is 49.4 Å². The molecular weight excluding hydrogens is 412 g/mol. The molecule has 3 aliphatic rings. The Morgan fingerprint density at radius 3 is 2.62 bits per heavy atom. The normalized spacial score (nSPS) is 24.4. The van der Waals surface area contributed by atoms with Gasteiger partial charge in [-0.3, -0.25) is 24.5 Å². The van der Waals surface area contributed by atoms with Crippen molar-refractivity contribution in [2.24, 2.45) is 11.8 Å². The van der Waals surface area contributed by atoms with Crippen LogP contribution < -0.4 is 15.5 Å². The molecule has 9 nitrogen and oxygen atoms in total. The average molecular weight is 443 g/mol. The van der Waals surface area contributed by atoms with Crippen LogP contribution in [0.2, 0.25) is 0 Å². The van der Waals surface area contributed by atoms with Crippen LogP contribution in [0.15, 0.2) is 18.2 Å². The molecule has 32 heavy (non-hydrogen) atoms. The number of carbonyl (C=O) groups excluding carboxylic acids is 3. The van der Waals surface area contributed by atoms with E-state index in [1.54, 1.807) is 11.9 Å². The number of piperidine rings is 2. The Balaban J connectivity index is 1.42. The Hall–Kier alpha value is -2.94. The number of fused-ring (bicyclic) bond motifs is 1. The molecule has 2 fully saturated rings. The molecule has 0 bridgehead atoms. The molecule has 1 aromatic carbocycles. The van der Waals surface area contributed by atoms with Crippen molar-refractivity contribution in [2.45, 2.75) is 38.0 Å². The predicted molar refractivity (Wildman–Crippen MR) is 118 cm³/mol. The van der Waals surface area contributed by atoms with Crippen LogP contribution in [0.1, 0.15) is 43.6 Å². The summed E-state index contributed by atoms with van der Waals surface area (Å²) >= 11 is 0. The number of carbonyl (C=O) groups is 4. The number of aliphatic carboxylic acids is 1. The van der Waals surface area contributed by atoms with Crippen LogP contribution in [0, 0.1) is 11.8 Å². The molecule has 3 aliphatic heterocycles. The topological polar surface area (TPSA) is 119 Å². The number of nitrogens with one attached hydrogen (secondary N) is 2. The number of hydrogen-bond donors (Lipinski definition) is 3. The highest BCUT2D eigenvalue weighted by Gasteiger charge is 2.45. The molecule has 0 aromatic heterocycles. The van der Waals surface area contributed by atoms with Gasteiger partial charge in [0.15, 0.2) is 0 Å². The van der Waals surface area contributed by atoms with Crippen molar-refractivity contribution in [2.75, 3.05) is 43.4 Å². The van der Waals surface area contributed by atoms with E-state index in [4.69, 9.17) is 5.11 Å². The first-order valence-electron chi connectivity index (χ1n) is 11.3. The standard InChI is InChI=1S/C23H30N4O5/c1-26-21-15(20(23(26)32)16-5-6-18(28)25-22(16)31)3-2-4-17(21)24-13-14-7-10-27(11-8-14)12-9-19(29)30/h2-4,14,16,20,24H,5-13H2,1H3,(H,29,30)(H,25,28,31)/t16?,20-/m1/s1. The molecule has 0 spiro atoms. The van der Waals surface area contributed by atoms with E-state index < -0.39 is 17.8 Å². The smallest absolute Gasteiger partial charge is 0.304 e. The van der Waals surface area contributed by atoms with Gasteiger partial charge >= 0.3 is 5.97 Å². The number of amides is 3. The van der Waals surface area contributed by atoms with Crippen LogP contribution in [0.25, 0.3) is 0 Å². The van der Waals surface area contributed by atoms with Crippen LogP contribution in [-0.4, -0.2) is 66.9 Å². The molecule has 0 radical (unpaired) electrons. The SMILES string of the molecule is CN1C(=O)[C@@H](C2CCC(=O)NC2=O)c2cccc(NCC3CCN(CCC(=O)O)CC3)c21. The van der Waals surface area contributed by atoms with Crippen molar-refractivity contribution in [3.63, 3.8) is 0 Å². The molecule has 9 heteroatoms. The lowest BCUT2D eigenvalue weighted by Crippen LogP contribution is -2.44. The summed E-state index contributed by atoms with van der Waals surface area (Å²) in [6.07, 6.45) is 2.80. The fourth-order valence-corrected chi connectivity index (χ4v) is 5.12. The van der Waals surface area contributed by atoms with Gasteiger partial charge in [0, 0.05) is 26.6 Å². The minimum atomic E-state index is -0.763. The number of likely N-dealkylation sites (N-methyl/N-ethyl adjacent to an activating group) is 1. The van der Waals surface area contributed by atoms with E-state index in [2.05, 4.69) is 15.5 Å². The summed E-state index contributed by atoms with van der Waals surface area (Å²) in [4.78, 5) is 51.6. The van der Waals surface area contributed by atoms with Gasteiger partial charge in [-0.2, -0.15) is 0 Å². The summed E-state index contributed by atoms with van der Waals surface area (Å²) < 4.78 is 0. The number of carboxylic acids is 1. The molecule has 0 aliphatic carbocycles. The fraction of sp³-hybridized carbons (Fsp3) is 0.565. The summed E-state index contributed by atoms with van der Waals surface area (Å²) in [7, 11) is 1.74. The first kappa shape index (κ1) is 22.3. The van der Waals surface area contributed by atoms with Gasteiger partial charge in [-0.05, 0) is 49.9 Å². The number of benzene rings is 1. The number of nitrogens with zero attached hydrogens (tertiary/aromatic N) is 2. The Bertz CT molecular complexity index is 925. The number of rotatable bonds is 7. The maximum absolute atomic E-state index is 13.1. The molecule has 3 N–H and O–H groups in total. The molecule has 3 heterocycles. The predicted octanol–water partition coefficient (Wildman–Crippen LogP) is 1.40. The van der Waals surface area contributed by atoms with E-state index in [0.29, 0.717) is 18.9 Å². The number of imide groups is 1. The van der Waals surface area contributed by atoms with Gasteiger partial charge in [0.1, 0.15) is 0 Å². The molecular formula is C23H30N4O5. The van der Waals surface area contributed by atoms with Gasteiger partial charge in [0.25, 0.3) is 0 Å². The molecule has 3 amide bonds. The second-order valence-corrected chi connectivity index (χ2v) is 8.99. The number of carboxylic acid groups (broad SMARTS) is 1. The number of likely N-dealkylation sites (tertiary alicyclic amines) is 1. The highest BCUT2D eigenvalue weighted by atomic mass is 16.4. The summed E-state index contributed by atoms with van der Waals surface area (Å²) in [5.41, 5.74) is 2.52. The zero-order valence-electron chi connectivity index (χ0n) is 18.3. The van der Waals surface area contributed by atoms with Crippen molar-refractivity contribution in [1.82, 2.24) is 10.2 Å². The van der Waals surface area contributed by atoms with Gasteiger partial charge < -0.3 is 20.2 Å². The number of hydrogen-bond acceptors (Lipinski definition) is 6. The van der Waals surface area contributed by atoms with Crippen LogP contribution >= 0.6 is 0 Å². The number of anilines is 2. The largest absolute Gasteiger partial charge is 0.481 e. The second kappa shape index (κ2) is 9.28. The second-order valence-electron chi connectivity index (χ2n) is 8.99. The molecule has 1 aromatic rings. The van der Waals surface area contributed by atoms with Crippen molar-refractivity contribution >= 4 is 35.1 Å². The molecule has 4 rings (SSSR count). The average Bonchev–Trinajstić information content (AvgIpc) is 3.02. The maximum atomic E-state index is 13.1. The molecule has 2 atom stereocenters. The van der Waals surface area contributed by atoms with Crippen LogP contribution in [0.4, 0.5) is 11.4 Å². The Labute approximate surface area is 187 Å². The monoisotopic (exact) mass is 442 g/mol. The van der Waals surface area contributed by atoms with Gasteiger partial charge in [0.2, 0.25) is 17.7 Å². The van der Waals surface area contributed by atoms with Crippen LogP contribution in [0.3, 0.4) is 0 Å². The lowest BCUT2D eigenvalue weighted by atomic mass is 9.81. The molecule has 2 saturated heterocycles. The van der Waals surface area contributed by atoms with E-state index in [1.807, 2.05) is 18.2 Å². The third-order valence-corrected chi connectivity index (χ3v) is 6.95. The summed E-state index contributed by atoms with van der Waals surface area (Å²) in [6.45, 7) is 3.15. The van der Waals surface area contributed by atoms with E-state index in [9.17, 15) is 19.2 Å². The zero-order chi connectivity index (χ0) is 22.8. The minimum Gasteiger partial charge on any atom is -0.481 e. The maximum Gasteiger partial charge on any atom is 0.304 e. The Morgan fingerprint density at radius 1 is 1.19 bits per heavy atom. The van der Waals surface area contributed by atoms with Gasteiger partial charge in [-0.1, -0.05) is 12.1 Å². The summed E-state index contributed by atoms with van der Waals surface area (Å²) in [5, 5.41) is 14.7. The third kappa shape index (κ3) is 4.48. The van der Waals surface area contributed by atoms with Crippen LogP contribution in [-0.2, 0) is 19.2 Å². The van der Waals surface area contributed by atoms with Gasteiger partial charge in [0.05, 0.1) is 29.6 Å². The van der Waals surface area contributed by atoms with Crippen molar-refractivity contribution < 1.29 is 24.3 Å². The first-order valence-corrected chi connectivity index (χ1v) is 11.3. The van der Waals surface area contributed by atoms with Crippen LogP contribution in [0.5, 0.6) is 0 Å². The van der Waals surface area contributed by atoms with Gasteiger partial charge in [-0.25, -0.2) is 0 Å². The minimum absolute atomic E-state index is 0.115. The first-order chi connectivity index (χ1) is 15.3. The van der Waals surface area contributed by atoms with Crippen molar-refractivity contribution in [3.8, 4) is 0 Å². The Morgan fingerprint density at radius 2 is 1.94 bits per heavy atom. The van der Waals surface area contributed by atoms with Crippen molar-refractivity contribution in [1.29, 1.82) is 0 Å². The molecule has 1 unspecified atom stereocenters. The lowest BCUT2D eigenvalue weighted by Gasteiger charge is -2.32. The molecule has 0 saturated carbocycles. The highest BCUT2D eigenvalue weighted by Crippen LogP contribution is 2.46. The van der Waals surface area contributed by atoms with Gasteiger partial charge in [-0.15, -0.1) is 0 Å². The number of para-hydroxylation sites is 1. The van der Waals surface area contributed by atoms with E-state index >= 15 is 0 Å². The van der Waals surface area contributed by atoms with E-state index in [-0.39, 0.29) is 30.6 Å². The summed E-state index contributed by atoms with van der Waals surface area (Å²) in [6, 6.07) is 5.76. The van der Waals surface area contributed by atoms with Crippen molar-refractivity contribution in [3.05, 3.63) is 23.8 Å². The Kier molecular flexibility index (Phi) is 6.45. The highest BCUT2D eigenvalue weighted by molar-refractivity contribution is 6.11. The molecule has 172 valence electrons.